The van der Waals surface area contributed by atoms with Crippen molar-refractivity contribution in [1.82, 2.24) is 0 Å². The molecule has 1 aliphatic rings. The fourth-order valence-corrected chi connectivity index (χ4v) is 3.36. The quantitative estimate of drug-likeness (QED) is 0.495. The molecule has 1 heterocycles. The number of rotatable bonds is 3. The van der Waals surface area contributed by atoms with E-state index < -0.39 is 0 Å². The number of amides is 2. The number of imide groups is 1. The molecular formula is C24H19NO3. The molecule has 0 saturated carbocycles. The van der Waals surface area contributed by atoms with Crippen LogP contribution < -0.4 is 9.64 Å². The number of ether oxygens (including phenoxy) is 1. The minimum Gasteiger partial charge on any atom is -0.497 e. The van der Waals surface area contributed by atoms with Crippen molar-refractivity contribution < 1.29 is 14.3 Å². The Bertz CT molecular complexity index is 1100. The SMILES string of the molecule is COc1ccc(C=C2C(=O)N(c3cccc(C)c3)C(=O)c3ccccc32)cc1. The Morgan fingerprint density at radius 2 is 1.54 bits per heavy atom. The normalized spacial score (nSPS) is 14.9. The molecule has 0 atom stereocenters. The van der Waals surface area contributed by atoms with Gasteiger partial charge in [0.05, 0.1) is 12.8 Å². The number of methoxy groups -OCH3 is 1. The van der Waals surface area contributed by atoms with Gasteiger partial charge in [-0.25, -0.2) is 4.90 Å². The van der Waals surface area contributed by atoms with E-state index in [-0.39, 0.29) is 11.8 Å². The molecule has 0 N–H and O–H groups in total. The Morgan fingerprint density at radius 3 is 2.21 bits per heavy atom. The van der Waals surface area contributed by atoms with E-state index in [4.69, 9.17) is 4.74 Å². The monoisotopic (exact) mass is 369 g/mol. The first-order chi connectivity index (χ1) is 13.6. The zero-order chi connectivity index (χ0) is 19.7. The van der Waals surface area contributed by atoms with Crippen molar-refractivity contribution in [3.8, 4) is 5.75 Å². The summed E-state index contributed by atoms with van der Waals surface area (Å²) in [6.45, 7) is 1.93. The Morgan fingerprint density at radius 1 is 0.821 bits per heavy atom. The van der Waals surface area contributed by atoms with E-state index >= 15 is 0 Å². The second kappa shape index (κ2) is 7.16. The van der Waals surface area contributed by atoms with Crippen LogP contribution in [0.5, 0.6) is 5.75 Å². The van der Waals surface area contributed by atoms with Crippen LogP contribution in [0.3, 0.4) is 0 Å². The van der Waals surface area contributed by atoms with E-state index in [2.05, 4.69) is 0 Å². The molecule has 3 aromatic carbocycles. The maximum absolute atomic E-state index is 13.3. The summed E-state index contributed by atoms with van der Waals surface area (Å²) in [5, 5.41) is 0. The van der Waals surface area contributed by atoms with Crippen LogP contribution in [-0.2, 0) is 4.79 Å². The molecule has 4 rings (SSSR count). The number of fused-ring (bicyclic) bond motifs is 1. The molecule has 0 bridgehead atoms. The van der Waals surface area contributed by atoms with Crippen LogP contribution >= 0.6 is 0 Å². The van der Waals surface area contributed by atoms with Gasteiger partial charge < -0.3 is 4.74 Å². The number of carbonyl (C=O) groups excluding carboxylic acids is 2. The topological polar surface area (TPSA) is 46.6 Å². The standard InChI is InChI=1S/C24H19NO3/c1-16-6-5-7-18(14-16)25-23(26)21-9-4-3-8-20(21)22(24(25)27)15-17-10-12-19(28-2)13-11-17/h3-15H,1-2H3. The molecule has 4 heteroatoms. The van der Waals surface area contributed by atoms with Crippen molar-refractivity contribution in [3.63, 3.8) is 0 Å². The number of nitrogens with zero attached hydrogens (tertiary/aromatic N) is 1. The summed E-state index contributed by atoms with van der Waals surface area (Å²) in [6, 6.07) is 22.1. The molecule has 0 unspecified atom stereocenters. The predicted molar refractivity (Wildman–Crippen MR) is 110 cm³/mol. The molecule has 138 valence electrons. The Balaban J connectivity index is 1.87. The van der Waals surface area contributed by atoms with Gasteiger partial charge in [-0.1, -0.05) is 42.5 Å². The van der Waals surface area contributed by atoms with E-state index in [0.717, 1.165) is 16.9 Å². The van der Waals surface area contributed by atoms with Crippen molar-refractivity contribution in [2.45, 2.75) is 6.92 Å². The summed E-state index contributed by atoms with van der Waals surface area (Å²) in [6.07, 6.45) is 1.82. The van der Waals surface area contributed by atoms with Crippen LogP contribution in [0.4, 0.5) is 5.69 Å². The molecule has 0 radical (unpaired) electrons. The summed E-state index contributed by atoms with van der Waals surface area (Å²) < 4.78 is 5.20. The number of anilines is 1. The second-order valence-corrected chi connectivity index (χ2v) is 6.66. The lowest BCUT2D eigenvalue weighted by Gasteiger charge is -2.29. The van der Waals surface area contributed by atoms with Gasteiger partial charge in [-0.05, 0) is 60.0 Å². The summed E-state index contributed by atoms with van der Waals surface area (Å²) in [4.78, 5) is 27.7. The highest BCUT2D eigenvalue weighted by molar-refractivity contribution is 6.43. The van der Waals surface area contributed by atoms with E-state index in [1.165, 1.54) is 4.90 Å². The third kappa shape index (κ3) is 3.09. The largest absolute Gasteiger partial charge is 0.497 e. The van der Waals surface area contributed by atoms with Crippen molar-refractivity contribution in [2.75, 3.05) is 12.0 Å². The van der Waals surface area contributed by atoms with Gasteiger partial charge >= 0.3 is 0 Å². The minimum atomic E-state index is -0.329. The average Bonchev–Trinajstić information content (AvgIpc) is 2.72. The first kappa shape index (κ1) is 17.7. The fraction of sp³-hybridized carbons (Fsp3) is 0.0833. The smallest absolute Gasteiger partial charge is 0.265 e. The van der Waals surface area contributed by atoms with Gasteiger partial charge in [0.2, 0.25) is 0 Å². The maximum atomic E-state index is 13.3. The average molecular weight is 369 g/mol. The molecule has 0 saturated heterocycles. The highest BCUT2D eigenvalue weighted by atomic mass is 16.5. The third-order valence-corrected chi connectivity index (χ3v) is 4.77. The van der Waals surface area contributed by atoms with Crippen LogP contribution in [0.15, 0.2) is 72.8 Å². The summed E-state index contributed by atoms with van der Waals surface area (Å²) >= 11 is 0. The molecular weight excluding hydrogens is 350 g/mol. The lowest BCUT2D eigenvalue weighted by atomic mass is 9.91. The molecule has 0 fully saturated rings. The van der Waals surface area contributed by atoms with E-state index in [9.17, 15) is 9.59 Å². The van der Waals surface area contributed by atoms with Gasteiger partial charge in [-0.15, -0.1) is 0 Å². The number of aryl methyl sites for hydroxylation is 1. The molecule has 0 aliphatic carbocycles. The molecule has 0 aromatic heterocycles. The number of carbonyl (C=O) groups is 2. The first-order valence-corrected chi connectivity index (χ1v) is 8.99. The van der Waals surface area contributed by atoms with Crippen molar-refractivity contribution in [2.24, 2.45) is 0 Å². The van der Waals surface area contributed by atoms with Crippen LogP contribution in [0.1, 0.15) is 27.0 Å². The van der Waals surface area contributed by atoms with E-state index in [0.29, 0.717) is 22.4 Å². The summed E-state index contributed by atoms with van der Waals surface area (Å²) in [7, 11) is 1.61. The highest BCUT2D eigenvalue weighted by Gasteiger charge is 2.35. The van der Waals surface area contributed by atoms with Gasteiger partial charge in [0.1, 0.15) is 5.75 Å². The van der Waals surface area contributed by atoms with E-state index in [1.54, 1.807) is 19.2 Å². The zero-order valence-electron chi connectivity index (χ0n) is 15.7. The predicted octanol–water partition coefficient (Wildman–Crippen LogP) is 4.73. The fourth-order valence-electron chi connectivity index (χ4n) is 3.36. The molecule has 1 aliphatic heterocycles. The van der Waals surface area contributed by atoms with Gasteiger partial charge in [0.15, 0.2) is 0 Å². The Kier molecular flexibility index (Phi) is 4.53. The number of hydrogen-bond donors (Lipinski definition) is 0. The van der Waals surface area contributed by atoms with Gasteiger partial charge in [0.25, 0.3) is 11.8 Å². The highest BCUT2D eigenvalue weighted by Crippen LogP contribution is 2.33. The minimum absolute atomic E-state index is 0.307. The number of hydrogen-bond acceptors (Lipinski definition) is 3. The van der Waals surface area contributed by atoms with Gasteiger partial charge in [-0.3, -0.25) is 9.59 Å². The van der Waals surface area contributed by atoms with Crippen LogP contribution in [0, 0.1) is 6.92 Å². The summed E-state index contributed by atoms with van der Waals surface area (Å²) in [5.74, 6) is 0.109. The van der Waals surface area contributed by atoms with Gasteiger partial charge in [-0.2, -0.15) is 0 Å². The zero-order valence-corrected chi connectivity index (χ0v) is 15.7. The Hall–Kier alpha value is -3.66. The molecule has 2 amide bonds. The van der Waals surface area contributed by atoms with Gasteiger partial charge in [0, 0.05) is 11.1 Å². The van der Waals surface area contributed by atoms with Crippen molar-refractivity contribution in [3.05, 3.63) is 95.1 Å². The second-order valence-electron chi connectivity index (χ2n) is 6.66. The Labute approximate surface area is 163 Å². The molecule has 3 aromatic rings. The first-order valence-electron chi connectivity index (χ1n) is 8.99. The van der Waals surface area contributed by atoms with Crippen molar-refractivity contribution >= 4 is 29.2 Å². The lowest BCUT2D eigenvalue weighted by Crippen LogP contribution is -2.41. The maximum Gasteiger partial charge on any atom is 0.265 e. The lowest BCUT2D eigenvalue weighted by molar-refractivity contribution is -0.112. The molecule has 0 spiro atoms. The van der Waals surface area contributed by atoms with Crippen molar-refractivity contribution in [1.29, 1.82) is 0 Å². The molecule has 4 nitrogen and oxygen atoms in total. The third-order valence-electron chi connectivity index (χ3n) is 4.77. The van der Waals surface area contributed by atoms with Crippen LogP contribution in [-0.4, -0.2) is 18.9 Å². The van der Waals surface area contributed by atoms with E-state index in [1.807, 2.05) is 73.7 Å². The molecule has 28 heavy (non-hydrogen) atoms. The summed E-state index contributed by atoms with van der Waals surface area (Å²) in [5.41, 5.74) is 4.07. The van der Waals surface area contributed by atoms with Crippen LogP contribution in [0.25, 0.3) is 11.6 Å². The number of benzene rings is 3. The van der Waals surface area contributed by atoms with Crippen LogP contribution in [0.2, 0.25) is 0 Å².